The van der Waals surface area contributed by atoms with Gasteiger partial charge in [-0.1, -0.05) is 0 Å². The molecule has 8 nitrogen and oxygen atoms in total. The third-order valence-electron chi connectivity index (χ3n) is 3.64. The van der Waals surface area contributed by atoms with Crippen molar-refractivity contribution in [2.24, 2.45) is 5.73 Å². The van der Waals surface area contributed by atoms with Crippen LogP contribution in [0.1, 0.15) is 19.8 Å². The molecule has 0 aromatic carbocycles. The Morgan fingerprint density at radius 2 is 1.95 bits per heavy atom. The van der Waals surface area contributed by atoms with Gasteiger partial charge in [-0.3, -0.25) is 13.9 Å². The van der Waals surface area contributed by atoms with Crippen molar-refractivity contribution < 1.29 is 4.74 Å². The number of ether oxygens (including phenoxy) is 1. The zero-order chi connectivity index (χ0) is 16.1. The number of nitrogens with zero attached hydrogens (tertiary/aromatic N) is 4. The first-order chi connectivity index (χ1) is 10.7. The molecule has 0 bridgehead atoms. The molecule has 0 spiro atoms. The van der Waals surface area contributed by atoms with Crippen LogP contribution in [0.2, 0.25) is 0 Å². The van der Waals surface area contributed by atoms with E-state index in [0.29, 0.717) is 56.8 Å². The molecule has 2 rings (SSSR count). The van der Waals surface area contributed by atoms with Crippen molar-refractivity contribution in [3.05, 3.63) is 27.2 Å². The minimum atomic E-state index is -0.330. The predicted octanol–water partition coefficient (Wildman–Crippen LogP) is -0.235. The molecule has 2 N–H and O–H groups in total. The molecule has 0 saturated heterocycles. The topological polar surface area (TPSA) is 97.1 Å². The van der Waals surface area contributed by atoms with Gasteiger partial charge in [-0.05, 0) is 26.3 Å². The maximum Gasteiger partial charge on any atom is 0.332 e. The zero-order valence-corrected chi connectivity index (χ0v) is 13.1. The summed E-state index contributed by atoms with van der Waals surface area (Å²) in [5, 5.41) is 0. The maximum atomic E-state index is 12.6. The normalized spacial score (nSPS) is 11.4. The highest BCUT2D eigenvalue weighted by molar-refractivity contribution is 5.70. The largest absolute Gasteiger partial charge is 0.385 e. The van der Waals surface area contributed by atoms with E-state index < -0.39 is 0 Å². The molecule has 0 unspecified atom stereocenters. The molecule has 2 aromatic rings. The minimum Gasteiger partial charge on any atom is -0.385 e. The second-order valence-corrected chi connectivity index (χ2v) is 5.08. The molecule has 0 amide bonds. The van der Waals surface area contributed by atoms with E-state index in [1.54, 1.807) is 22.6 Å². The van der Waals surface area contributed by atoms with Crippen LogP contribution in [0.15, 0.2) is 15.9 Å². The Morgan fingerprint density at radius 1 is 1.23 bits per heavy atom. The Balaban J connectivity index is 2.62. The lowest BCUT2D eigenvalue weighted by molar-refractivity contribution is 0.190. The van der Waals surface area contributed by atoms with Crippen LogP contribution in [-0.4, -0.2) is 38.9 Å². The summed E-state index contributed by atoms with van der Waals surface area (Å²) in [6.45, 7) is 4.32. The number of methoxy groups -OCH3 is 1. The fraction of sp³-hybridized carbons (Fsp3) is 0.643. The van der Waals surface area contributed by atoms with Crippen LogP contribution in [-0.2, 0) is 24.4 Å². The molecule has 0 aliphatic rings. The number of nitrogens with two attached hydrogens (primary N) is 1. The van der Waals surface area contributed by atoms with Gasteiger partial charge in [-0.25, -0.2) is 9.78 Å². The van der Waals surface area contributed by atoms with Crippen LogP contribution in [0, 0.1) is 0 Å². The van der Waals surface area contributed by atoms with E-state index in [1.807, 2.05) is 6.92 Å². The van der Waals surface area contributed by atoms with Crippen molar-refractivity contribution in [1.82, 2.24) is 18.7 Å². The third-order valence-corrected chi connectivity index (χ3v) is 3.64. The molecular weight excluding hydrogens is 286 g/mol. The first-order valence-corrected chi connectivity index (χ1v) is 7.53. The van der Waals surface area contributed by atoms with Gasteiger partial charge in [0.05, 0.1) is 6.33 Å². The monoisotopic (exact) mass is 309 g/mol. The number of fused-ring (bicyclic) bond motifs is 1. The van der Waals surface area contributed by atoms with Crippen LogP contribution in [0.3, 0.4) is 0 Å². The van der Waals surface area contributed by atoms with Crippen molar-refractivity contribution in [2.45, 2.75) is 39.4 Å². The summed E-state index contributed by atoms with van der Waals surface area (Å²) in [5.74, 6) is 0. The SMILES string of the molecule is CCn1cnc2c1c(=O)n(CCCN)c(=O)n2CCCOC. The van der Waals surface area contributed by atoms with E-state index in [4.69, 9.17) is 10.5 Å². The van der Waals surface area contributed by atoms with Gasteiger partial charge in [0.1, 0.15) is 0 Å². The Labute approximate surface area is 128 Å². The summed E-state index contributed by atoms with van der Waals surface area (Å²) < 4.78 is 9.62. The molecule has 8 heteroatoms. The highest BCUT2D eigenvalue weighted by atomic mass is 16.5. The Bertz CT molecular complexity index is 743. The predicted molar refractivity (Wildman–Crippen MR) is 84.1 cm³/mol. The van der Waals surface area contributed by atoms with E-state index in [2.05, 4.69) is 4.98 Å². The fourth-order valence-electron chi connectivity index (χ4n) is 2.49. The van der Waals surface area contributed by atoms with Gasteiger partial charge >= 0.3 is 5.69 Å². The number of rotatable bonds is 8. The van der Waals surface area contributed by atoms with Crippen LogP contribution in [0.25, 0.3) is 11.2 Å². The second-order valence-electron chi connectivity index (χ2n) is 5.08. The van der Waals surface area contributed by atoms with Crippen molar-refractivity contribution in [3.63, 3.8) is 0 Å². The number of aromatic nitrogens is 4. The van der Waals surface area contributed by atoms with E-state index in [-0.39, 0.29) is 11.2 Å². The summed E-state index contributed by atoms with van der Waals surface area (Å²) in [7, 11) is 1.62. The van der Waals surface area contributed by atoms with Crippen molar-refractivity contribution in [2.75, 3.05) is 20.3 Å². The van der Waals surface area contributed by atoms with Crippen LogP contribution >= 0.6 is 0 Å². The number of hydrogen-bond acceptors (Lipinski definition) is 5. The van der Waals surface area contributed by atoms with Gasteiger partial charge in [-0.2, -0.15) is 0 Å². The van der Waals surface area contributed by atoms with E-state index in [0.717, 1.165) is 0 Å². The number of imidazole rings is 1. The molecule has 2 heterocycles. The zero-order valence-electron chi connectivity index (χ0n) is 13.1. The smallest absolute Gasteiger partial charge is 0.332 e. The van der Waals surface area contributed by atoms with Crippen LogP contribution in [0.5, 0.6) is 0 Å². The van der Waals surface area contributed by atoms with E-state index in [9.17, 15) is 9.59 Å². The molecule has 0 aliphatic heterocycles. The third kappa shape index (κ3) is 2.97. The molecule has 0 saturated carbocycles. The van der Waals surface area contributed by atoms with Gasteiger partial charge in [0.15, 0.2) is 11.2 Å². The summed E-state index contributed by atoms with van der Waals surface area (Å²) in [6, 6.07) is 0. The molecule has 2 aromatic heterocycles. The summed E-state index contributed by atoms with van der Waals surface area (Å²) in [4.78, 5) is 29.5. The van der Waals surface area contributed by atoms with Crippen molar-refractivity contribution in [1.29, 1.82) is 0 Å². The molecule has 22 heavy (non-hydrogen) atoms. The quantitative estimate of drug-likeness (QED) is 0.679. The first-order valence-electron chi connectivity index (χ1n) is 7.53. The Hall–Kier alpha value is -1.93. The standard InChI is InChI=1S/C14H23N5O3/c1-3-17-10-16-12-11(17)13(20)19(7-4-6-15)14(21)18(12)8-5-9-22-2/h10H,3-9,15H2,1-2H3. The Morgan fingerprint density at radius 3 is 2.59 bits per heavy atom. The molecule has 0 fully saturated rings. The summed E-state index contributed by atoms with van der Waals surface area (Å²) in [5.41, 5.74) is 5.79. The highest BCUT2D eigenvalue weighted by Gasteiger charge is 2.17. The molecular formula is C14H23N5O3. The average Bonchev–Trinajstić information content (AvgIpc) is 2.94. The summed E-state index contributed by atoms with van der Waals surface area (Å²) in [6.07, 6.45) is 2.87. The lowest BCUT2D eigenvalue weighted by Crippen LogP contribution is -2.41. The molecule has 0 radical (unpaired) electrons. The van der Waals surface area contributed by atoms with Gasteiger partial charge in [-0.15, -0.1) is 0 Å². The van der Waals surface area contributed by atoms with Crippen LogP contribution in [0.4, 0.5) is 0 Å². The number of aryl methyl sites for hydroxylation is 2. The van der Waals surface area contributed by atoms with E-state index >= 15 is 0 Å². The average molecular weight is 309 g/mol. The lowest BCUT2D eigenvalue weighted by atomic mass is 10.4. The van der Waals surface area contributed by atoms with Crippen LogP contribution < -0.4 is 17.0 Å². The molecule has 0 aliphatic carbocycles. The summed E-state index contributed by atoms with van der Waals surface area (Å²) >= 11 is 0. The maximum absolute atomic E-state index is 12.6. The Kier molecular flexibility index (Phi) is 5.51. The molecule has 122 valence electrons. The first kappa shape index (κ1) is 16.4. The van der Waals surface area contributed by atoms with Gasteiger partial charge < -0.3 is 15.0 Å². The fourth-order valence-corrected chi connectivity index (χ4v) is 2.49. The van der Waals surface area contributed by atoms with Gasteiger partial charge in [0, 0.05) is 33.4 Å². The van der Waals surface area contributed by atoms with E-state index in [1.165, 1.54) is 4.57 Å². The lowest BCUT2D eigenvalue weighted by Gasteiger charge is -2.11. The van der Waals surface area contributed by atoms with Crippen molar-refractivity contribution in [3.8, 4) is 0 Å². The molecule has 0 atom stereocenters. The van der Waals surface area contributed by atoms with Crippen molar-refractivity contribution >= 4 is 11.2 Å². The van der Waals surface area contributed by atoms with Gasteiger partial charge in [0.25, 0.3) is 5.56 Å². The van der Waals surface area contributed by atoms with Gasteiger partial charge in [0.2, 0.25) is 0 Å². The second kappa shape index (κ2) is 7.37. The minimum absolute atomic E-state index is 0.296. The highest BCUT2D eigenvalue weighted by Crippen LogP contribution is 2.07. The number of hydrogen-bond donors (Lipinski definition) is 1.